The predicted octanol–water partition coefficient (Wildman–Crippen LogP) is 18.4. The first kappa shape index (κ1) is 64.3. The first-order valence-corrected chi connectivity index (χ1v) is 27.3. The highest BCUT2D eigenvalue weighted by Gasteiger charge is 2.19. The molecule has 0 saturated heterocycles. The Bertz CT molecular complexity index is 1560. The zero-order valence-corrected chi connectivity index (χ0v) is 44.0. The molecule has 0 N–H and O–H groups in total. The normalized spacial score (nSPS) is 13.3. The Kier molecular flexibility index (Phi) is 52.1. The first-order chi connectivity index (χ1) is 34.0. The van der Waals surface area contributed by atoms with Crippen LogP contribution in [-0.4, -0.2) is 37.2 Å². The maximum absolute atomic E-state index is 12.8. The van der Waals surface area contributed by atoms with E-state index in [2.05, 4.69) is 167 Å². The molecule has 0 aromatic rings. The van der Waals surface area contributed by atoms with Crippen molar-refractivity contribution >= 4 is 17.9 Å². The summed E-state index contributed by atoms with van der Waals surface area (Å²) >= 11 is 0. The second-order valence-corrected chi connectivity index (χ2v) is 17.4. The molecule has 1 atom stereocenters. The van der Waals surface area contributed by atoms with Gasteiger partial charge in [-0.3, -0.25) is 14.4 Å². The number of esters is 3. The number of carbonyl (C=O) groups is 3. The number of carbonyl (C=O) groups excluding carboxylic acids is 3. The Morgan fingerprint density at radius 2 is 0.580 bits per heavy atom. The molecular formula is C63H98O6. The Balaban J connectivity index is 4.63. The van der Waals surface area contributed by atoms with E-state index in [9.17, 15) is 14.4 Å². The van der Waals surface area contributed by atoms with Crippen molar-refractivity contribution in [1.82, 2.24) is 0 Å². The lowest BCUT2D eigenvalue weighted by atomic mass is 10.1. The van der Waals surface area contributed by atoms with E-state index in [1.54, 1.807) is 0 Å². The molecule has 0 aliphatic heterocycles. The summed E-state index contributed by atoms with van der Waals surface area (Å²) in [6.07, 6.45) is 79.8. The predicted molar refractivity (Wildman–Crippen MR) is 297 cm³/mol. The van der Waals surface area contributed by atoms with E-state index in [0.717, 1.165) is 103 Å². The van der Waals surface area contributed by atoms with E-state index in [0.29, 0.717) is 19.3 Å². The van der Waals surface area contributed by atoms with Crippen molar-refractivity contribution < 1.29 is 28.6 Å². The first-order valence-electron chi connectivity index (χ1n) is 27.3. The Labute approximate surface area is 423 Å². The van der Waals surface area contributed by atoms with Gasteiger partial charge in [0, 0.05) is 19.3 Å². The van der Waals surface area contributed by atoms with E-state index >= 15 is 0 Å². The fourth-order valence-corrected chi connectivity index (χ4v) is 6.70. The maximum Gasteiger partial charge on any atom is 0.306 e. The van der Waals surface area contributed by atoms with Gasteiger partial charge in [-0.25, -0.2) is 0 Å². The number of hydrogen-bond donors (Lipinski definition) is 0. The third kappa shape index (κ3) is 54.1. The molecular weight excluding hydrogens is 853 g/mol. The molecule has 0 aromatic carbocycles. The summed E-state index contributed by atoms with van der Waals surface area (Å²) in [5, 5.41) is 0. The summed E-state index contributed by atoms with van der Waals surface area (Å²) in [6, 6.07) is 0. The van der Waals surface area contributed by atoms with Crippen LogP contribution >= 0.6 is 0 Å². The van der Waals surface area contributed by atoms with Crippen LogP contribution < -0.4 is 0 Å². The third-order valence-electron chi connectivity index (χ3n) is 10.8. The maximum atomic E-state index is 12.8. The highest BCUT2D eigenvalue weighted by atomic mass is 16.6. The molecule has 0 heterocycles. The van der Waals surface area contributed by atoms with Gasteiger partial charge in [-0.2, -0.15) is 0 Å². The summed E-state index contributed by atoms with van der Waals surface area (Å²) in [6.45, 7) is 6.34. The van der Waals surface area contributed by atoms with Gasteiger partial charge in [-0.15, -0.1) is 0 Å². The van der Waals surface area contributed by atoms with Crippen LogP contribution in [0.5, 0.6) is 0 Å². The highest BCUT2D eigenvalue weighted by Crippen LogP contribution is 2.10. The van der Waals surface area contributed by atoms with Crippen LogP contribution in [0.4, 0.5) is 0 Å². The SMILES string of the molecule is CC/C=C\C/C=C\C/C=C\C/C=C\C/C=C\CCCCCC(=O)O[C@H](COC(=O)CCC/C=C\C/C=C\C/C=C\C/C=C\CCCCC)COC(=O)CCCC/C=C\C/C=C\C/C=C\CCCCC. The Hall–Kier alpha value is -4.71. The standard InChI is InChI=1S/C63H98O6/c1-4-7-10-13-16-19-22-25-28-30-31-33-36-39-42-45-48-51-54-57-63(66)69-60(58-67-61(64)55-52-49-46-43-40-37-34-27-24-21-18-15-12-9-6-3)59-68-62(65)56-53-50-47-44-41-38-35-32-29-26-23-20-17-14-11-8-5-2/h7,10,16-21,25-29,31,33-35,38-40,42-44,47,60H,4-6,8-9,11-15,22-24,30,32,36-37,41,45-46,48-59H2,1-3H3/b10-7-,19-16-,20-17-,21-18-,28-25-,29-26-,33-31-,34-27-,38-35-,42-39-,43-40-,47-44-/t60-/m0/s1. The minimum absolute atomic E-state index is 0.135. The average molecular weight is 951 g/mol. The van der Waals surface area contributed by atoms with Gasteiger partial charge in [0.15, 0.2) is 6.10 Å². The fraction of sp³-hybridized carbons (Fsp3) is 0.571. The molecule has 0 aromatic heterocycles. The Morgan fingerprint density at radius 1 is 0.304 bits per heavy atom. The van der Waals surface area contributed by atoms with Gasteiger partial charge in [0.05, 0.1) is 0 Å². The van der Waals surface area contributed by atoms with Crippen LogP contribution in [0.1, 0.15) is 213 Å². The minimum Gasteiger partial charge on any atom is -0.462 e. The third-order valence-corrected chi connectivity index (χ3v) is 10.8. The summed E-state index contributed by atoms with van der Waals surface area (Å²) in [4.78, 5) is 38.1. The molecule has 386 valence electrons. The molecule has 6 heteroatoms. The number of allylic oxidation sites excluding steroid dienone is 24. The van der Waals surface area contributed by atoms with Crippen LogP contribution in [0.2, 0.25) is 0 Å². The number of ether oxygens (including phenoxy) is 3. The van der Waals surface area contributed by atoms with Gasteiger partial charge in [-0.05, 0) is 141 Å². The average Bonchev–Trinajstić information content (AvgIpc) is 3.35. The lowest BCUT2D eigenvalue weighted by Crippen LogP contribution is -2.30. The van der Waals surface area contributed by atoms with Crippen molar-refractivity contribution in [2.75, 3.05) is 13.2 Å². The summed E-state index contributed by atoms with van der Waals surface area (Å²) in [5.74, 6) is -1.07. The van der Waals surface area contributed by atoms with Crippen LogP contribution in [0, 0.1) is 0 Å². The molecule has 69 heavy (non-hydrogen) atoms. The van der Waals surface area contributed by atoms with E-state index in [-0.39, 0.29) is 50.4 Å². The van der Waals surface area contributed by atoms with Gasteiger partial charge in [-0.1, -0.05) is 199 Å². The molecule has 0 bridgehead atoms. The molecule has 6 nitrogen and oxygen atoms in total. The number of unbranched alkanes of at least 4 members (excludes halogenated alkanes) is 12. The van der Waals surface area contributed by atoms with Gasteiger partial charge in [0.25, 0.3) is 0 Å². The second kappa shape index (κ2) is 55.9. The van der Waals surface area contributed by atoms with Crippen LogP contribution in [0.15, 0.2) is 146 Å². The molecule has 0 radical (unpaired) electrons. The lowest BCUT2D eigenvalue weighted by molar-refractivity contribution is -0.167. The topological polar surface area (TPSA) is 78.9 Å². The summed E-state index contributed by atoms with van der Waals surface area (Å²) < 4.78 is 16.7. The summed E-state index contributed by atoms with van der Waals surface area (Å²) in [5.41, 5.74) is 0. The second-order valence-electron chi connectivity index (χ2n) is 17.4. The van der Waals surface area contributed by atoms with Crippen molar-refractivity contribution in [1.29, 1.82) is 0 Å². The van der Waals surface area contributed by atoms with Crippen molar-refractivity contribution in [3.8, 4) is 0 Å². The van der Waals surface area contributed by atoms with E-state index in [4.69, 9.17) is 14.2 Å². The fourth-order valence-electron chi connectivity index (χ4n) is 6.70. The van der Waals surface area contributed by atoms with Crippen LogP contribution in [0.25, 0.3) is 0 Å². The zero-order valence-electron chi connectivity index (χ0n) is 44.0. The Morgan fingerprint density at radius 3 is 0.942 bits per heavy atom. The van der Waals surface area contributed by atoms with Gasteiger partial charge >= 0.3 is 17.9 Å². The van der Waals surface area contributed by atoms with E-state index in [1.165, 1.54) is 51.4 Å². The minimum atomic E-state index is -0.840. The summed E-state index contributed by atoms with van der Waals surface area (Å²) in [7, 11) is 0. The van der Waals surface area contributed by atoms with Crippen molar-refractivity contribution in [2.45, 2.75) is 219 Å². The van der Waals surface area contributed by atoms with Crippen molar-refractivity contribution in [2.24, 2.45) is 0 Å². The van der Waals surface area contributed by atoms with Crippen molar-refractivity contribution in [3.05, 3.63) is 146 Å². The largest absolute Gasteiger partial charge is 0.462 e. The lowest BCUT2D eigenvalue weighted by Gasteiger charge is -2.18. The number of hydrogen-bond acceptors (Lipinski definition) is 6. The zero-order chi connectivity index (χ0) is 50.0. The molecule has 0 aliphatic carbocycles. The van der Waals surface area contributed by atoms with Crippen LogP contribution in [-0.2, 0) is 28.6 Å². The highest BCUT2D eigenvalue weighted by molar-refractivity contribution is 5.71. The van der Waals surface area contributed by atoms with Gasteiger partial charge < -0.3 is 14.2 Å². The molecule has 0 rings (SSSR count). The monoisotopic (exact) mass is 951 g/mol. The smallest absolute Gasteiger partial charge is 0.306 e. The molecule has 0 saturated carbocycles. The molecule has 0 spiro atoms. The number of rotatable bonds is 47. The van der Waals surface area contributed by atoms with Crippen LogP contribution in [0.3, 0.4) is 0 Å². The van der Waals surface area contributed by atoms with E-state index in [1.807, 2.05) is 0 Å². The van der Waals surface area contributed by atoms with Gasteiger partial charge in [0.2, 0.25) is 0 Å². The molecule has 0 amide bonds. The van der Waals surface area contributed by atoms with Gasteiger partial charge in [0.1, 0.15) is 13.2 Å². The molecule has 0 unspecified atom stereocenters. The molecule has 0 fully saturated rings. The quantitative estimate of drug-likeness (QED) is 0.0262. The van der Waals surface area contributed by atoms with E-state index < -0.39 is 6.10 Å². The molecule has 0 aliphatic rings. The van der Waals surface area contributed by atoms with Crippen molar-refractivity contribution in [3.63, 3.8) is 0 Å².